The third-order valence-corrected chi connectivity index (χ3v) is 4.03. The van der Waals surface area contributed by atoms with Crippen molar-refractivity contribution in [1.82, 2.24) is 20.9 Å². The van der Waals surface area contributed by atoms with Gasteiger partial charge in [0, 0.05) is 18.7 Å². The monoisotopic (exact) mass is 208 g/mol. The summed E-state index contributed by atoms with van der Waals surface area (Å²) in [5.74, 6) is 0. The van der Waals surface area contributed by atoms with E-state index >= 15 is 0 Å². The van der Waals surface area contributed by atoms with E-state index in [0.29, 0.717) is 0 Å². The summed E-state index contributed by atoms with van der Waals surface area (Å²) in [6, 6.07) is 0. The van der Waals surface area contributed by atoms with Gasteiger partial charge in [0.2, 0.25) is 0 Å². The molecule has 1 saturated heterocycles. The Bertz CT molecular complexity index is 289. The van der Waals surface area contributed by atoms with Crippen molar-refractivity contribution in [3.05, 3.63) is 11.4 Å². The summed E-state index contributed by atoms with van der Waals surface area (Å²) in [5.41, 5.74) is 3.17. The minimum absolute atomic E-state index is 0.254. The van der Waals surface area contributed by atoms with Gasteiger partial charge in [0.15, 0.2) is 0 Å². The molecule has 3 aliphatic rings. The number of likely N-dealkylation sites (tertiary alicyclic amines) is 1. The van der Waals surface area contributed by atoms with Crippen molar-refractivity contribution in [2.24, 2.45) is 0 Å². The average molecular weight is 208 g/mol. The molecule has 3 heterocycles. The van der Waals surface area contributed by atoms with Crippen molar-refractivity contribution in [3.8, 4) is 0 Å². The van der Waals surface area contributed by atoms with Crippen molar-refractivity contribution < 1.29 is 0 Å². The molecule has 1 fully saturated rings. The molecule has 4 heteroatoms. The lowest BCUT2D eigenvalue weighted by Gasteiger charge is -2.44. The molecular formula is C11H20N4. The largest absolute Gasteiger partial charge is 0.370 e. The lowest BCUT2D eigenvalue weighted by Crippen LogP contribution is -2.57. The van der Waals surface area contributed by atoms with E-state index in [2.05, 4.69) is 27.9 Å². The Morgan fingerprint density at radius 3 is 2.80 bits per heavy atom. The first kappa shape index (κ1) is 9.48. The van der Waals surface area contributed by atoms with Crippen LogP contribution >= 0.6 is 0 Å². The van der Waals surface area contributed by atoms with E-state index in [0.717, 1.165) is 19.6 Å². The van der Waals surface area contributed by atoms with Crippen LogP contribution in [-0.4, -0.2) is 43.8 Å². The van der Waals surface area contributed by atoms with E-state index in [1.807, 2.05) is 0 Å². The summed E-state index contributed by atoms with van der Waals surface area (Å²) in [5, 5.41) is 10.7. The zero-order chi connectivity index (χ0) is 10.3. The normalized spacial score (nSPS) is 29.9. The first-order valence-corrected chi connectivity index (χ1v) is 5.95. The molecule has 15 heavy (non-hydrogen) atoms. The summed E-state index contributed by atoms with van der Waals surface area (Å²) in [6.07, 6.45) is 3.62. The predicted molar refractivity (Wildman–Crippen MR) is 60.2 cm³/mol. The second kappa shape index (κ2) is 3.39. The van der Waals surface area contributed by atoms with E-state index in [4.69, 9.17) is 0 Å². The molecule has 0 amide bonds. The third-order valence-electron chi connectivity index (χ3n) is 4.03. The minimum Gasteiger partial charge on any atom is -0.370 e. The smallest absolute Gasteiger partial charge is 0.0846 e. The molecule has 3 aliphatic heterocycles. The summed E-state index contributed by atoms with van der Waals surface area (Å²) in [6.45, 7) is 4.44. The van der Waals surface area contributed by atoms with Crippen molar-refractivity contribution in [2.75, 3.05) is 33.4 Å². The van der Waals surface area contributed by atoms with E-state index in [1.54, 1.807) is 0 Å². The lowest BCUT2D eigenvalue weighted by molar-refractivity contribution is 0.173. The second-order valence-corrected chi connectivity index (χ2v) is 4.95. The van der Waals surface area contributed by atoms with Gasteiger partial charge in [0.25, 0.3) is 0 Å². The Morgan fingerprint density at radius 1 is 1.20 bits per heavy atom. The van der Waals surface area contributed by atoms with Crippen LogP contribution in [0.5, 0.6) is 0 Å². The maximum atomic E-state index is 3.74. The Balaban J connectivity index is 1.87. The van der Waals surface area contributed by atoms with E-state index in [1.165, 1.54) is 37.3 Å². The molecule has 0 aromatic carbocycles. The molecule has 84 valence electrons. The summed E-state index contributed by atoms with van der Waals surface area (Å²) >= 11 is 0. The number of nitrogens with zero attached hydrogens (tertiary/aromatic N) is 1. The van der Waals surface area contributed by atoms with Gasteiger partial charge < -0.3 is 20.9 Å². The zero-order valence-corrected chi connectivity index (χ0v) is 9.40. The van der Waals surface area contributed by atoms with Gasteiger partial charge in [-0.1, -0.05) is 0 Å². The molecule has 0 aromatic rings. The number of piperidine rings is 1. The molecule has 0 aromatic heterocycles. The standard InChI is InChI=1S/C11H20N4/c1-15-6-3-11(4-7-15)10-9(2-5-14-11)12-8-13-10/h12-14H,2-8H2,1H3. The number of hydrogen-bond acceptors (Lipinski definition) is 4. The van der Waals surface area contributed by atoms with Gasteiger partial charge in [-0.2, -0.15) is 0 Å². The Labute approximate surface area is 91.1 Å². The van der Waals surface area contributed by atoms with Crippen LogP contribution in [0.3, 0.4) is 0 Å². The Hall–Kier alpha value is -0.740. The molecule has 3 rings (SSSR count). The highest BCUT2D eigenvalue weighted by molar-refractivity contribution is 5.31. The van der Waals surface area contributed by atoms with E-state index in [9.17, 15) is 0 Å². The lowest BCUT2D eigenvalue weighted by atomic mass is 9.81. The Morgan fingerprint density at radius 2 is 2.00 bits per heavy atom. The quantitative estimate of drug-likeness (QED) is 0.516. The van der Waals surface area contributed by atoms with Crippen LogP contribution in [0, 0.1) is 0 Å². The summed E-state index contributed by atoms with van der Waals surface area (Å²) < 4.78 is 0. The number of nitrogens with one attached hydrogen (secondary N) is 3. The Kier molecular flexibility index (Phi) is 2.14. The third kappa shape index (κ3) is 1.43. The van der Waals surface area contributed by atoms with Gasteiger partial charge in [-0.3, -0.25) is 0 Å². The maximum Gasteiger partial charge on any atom is 0.0846 e. The number of rotatable bonds is 0. The van der Waals surface area contributed by atoms with Gasteiger partial charge >= 0.3 is 0 Å². The van der Waals surface area contributed by atoms with Gasteiger partial charge in [-0.05, 0) is 33.0 Å². The fraction of sp³-hybridized carbons (Fsp3) is 0.818. The predicted octanol–water partition coefficient (Wildman–Crippen LogP) is -0.194. The molecular weight excluding hydrogens is 188 g/mol. The molecule has 0 atom stereocenters. The van der Waals surface area contributed by atoms with Gasteiger partial charge in [0.05, 0.1) is 17.9 Å². The number of fused-ring (bicyclic) bond motifs is 1. The number of hydrogen-bond donors (Lipinski definition) is 3. The van der Waals surface area contributed by atoms with Crippen molar-refractivity contribution in [3.63, 3.8) is 0 Å². The van der Waals surface area contributed by atoms with Gasteiger partial charge in [-0.15, -0.1) is 0 Å². The first-order valence-electron chi connectivity index (χ1n) is 5.95. The fourth-order valence-corrected chi connectivity index (χ4v) is 3.05. The highest BCUT2D eigenvalue weighted by Gasteiger charge is 2.41. The van der Waals surface area contributed by atoms with Crippen LogP contribution in [0.25, 0.3) is 0 Å². The van der Waals surface area contributed by atoms with Crippen LogP contribution in [0.1, 0.15) is 19.3 Å². The highest BCUT2D eigenvalue weighted by Crippen LogP contribution is 2.33. The van der Waals surface area contributed by atoms with Crippen LogP contribution in [0.4, 0.5) is 0 Å². The van der Waals surface area contributed by atoms with Gasteiger partial charge in [-0.25, -0.2) is 0 Å². The summed E-state index contributed by atoms with van der Waals surface area (Å²) in [4.78, 5) is 2.42. The van der Waals surface area contributed by atoms with Crippen LogP contribution in [-0.2, 0) is 0 Å². The van der Waals surface area contributed by atoms with Crippen LogP contribution in [0.15, 0.2) is 11.4 Å². The molecule has 0 saturated carbocycles. The fourth-order valence-electron chi connectivity index (χ4n) is 3.05. The van der Waals surface area contributed by atoms with Crippen molar-refractivity contribution >= 4 is 0 Å². The molecule has 1 spiro atoms. The second-order valence-electron chi connectivity index (χ2n) is 4.95. The SMILES string of the molecule is CN1CCC2(CC1)NCCC1=C2NCN1. The minimum atomic E-state index is 0.254. The zero-order valence-electron chi connectivity index (χ0n) is 9.40. The van der Waals surface area contributed by atoms with Crippen molar-refractivity contribution in [2.45, 2.75) is 24.8 Å². The molecule has 0 unspecified atom stereocenters. The molecule has 0 aliphatic carbocycles. The molecule has 0 radical (unpaired) electrons. The average Bonchev–Trinajstić information content (AvgIpc) is 2.72. The highest BCUT2D eigenvalue weighted by atomic mass is 15.2. The van der Waals surface area contributed by atoms with E-state index < -0.39 is 0 Å². The molecule has 4 nitrogen and oxygen atoms in total. The topological polar surface area (TPSA) is 39.3 Å². The first-order chi connectivity index (χ1) is 7.30. The van der Waals surface area contributed by atoms with E-state index in [-0.39, 0.29) is 5.54 Å². The van der Waals surface area contributed by atoms with Gasteiger partial charge in [0.1, 0.15) is 0 Å². The van der Waals surface area contributed by atoms with Crippen LogP contribution in [0.2, 0.25) is 0 Å². The maximum absolute atomic E-state index is 3.74. The molecule has 0 bridgehead atoms. The van der Waals surface area contributed by atoms with Crippen molar-refractivity contribution in [1.29, 1.82) is 0 Å². The molecule has 3 N–H and O–H groups in total. The van der Waals surface area contributed by atoms with Crippen LogP contribution < -0.4 is 16.0 Å². The summed E-state index contributed by atoms with van der Waals surface area (Å²) in [7, 11) is 2.21.